The van der Waals surface area contributed by atoms with E-state index in [4.69, 9.17) is 26.2 Å². The molecule has 0 radical (unpaired) electrons. The number of nitrogens with zero attached hydrogens (tertiary/aromatic N) is 2. The van der Waals surface area contributed by atoms with Crippen LogP contribution in [0.25, 0.3) is 0 Å². The van der Waals surface area contributed by atoms with Crippen molar-refractivity contribution >= 4 is 18.1 Å². The lowest BCUT2D eigenvalue weighted by Crippen LogP contribution is -2.07. The predicted molar refractivity (Wildman–Crippen MR) is 85.6 cm³/mol. The maximum Gasteiger partial charge on any atom is 0.290 e. The second kappa shape index (κ2) is 9.05. The molecule has 0 atom stereocenters. The van der Waals surface area contributed by atoms with E-state index >= 15 is 0 Å². The van der Waals surface area contributed by atoms with Gasteiger partial charge in [0, 0.05) is 17.0 Å². The van der Waals surface area contributed by atoms with Crippen molar-refractivity contribution in [3.05, 3.63) is 51.7 Å². The molecule has 1 N–H and O–H groups in total. The summed E-state index contributed by atoms with van der Waals surface area (Å²) in [5, 5.41) is 7.27. The SMILES string of the molecule is CCc1nc(C)nc(OC)c1Cc1ccc(Cl)cc1F.O=CO. The van der Waals surface area contributed by atoms with Crippen molar-refractivity contribution in [2.24, 2.45) is 0 Å². The average Bonchev–Trinajstić information content (AvgIpc) is 2.51. The number of aromatic nitrogens is 2. The van der Waals surface area contributed by atoms with Crippen LogP contribution >= 0.6 is 11.6 Å². The van der Waals surface area contributed by atoms with Gasteiger partial charge < -0.3 is 9.84 Å². The van der Waals surface area contributed by atoms with E-state index in [9.17, 15) is 4.39 Å². The molecule has 5 nitrogen and oxygen atoms in total. The van der Waals surface area contributed by atoms with Crippen molar-refractivity contribution in [1.29, 1.82) is 0 Å². The lowest BCUT2D eigenvalue weighted by atomic mass is 10.0. The van der Waals surface area contributed by atoms with E-state index in [2.05, 4.69) is 9.97 Å². The Morgan fingerprint density at radius 1 is 1.39 bits per heavy atom. The number of benzene rings is 1. The molecule has 2 aromatic rings. The third-order valence-corrected chi connectivity index (χ3v) is 3.31. The van der Waals surface area contributed by atoms with Crippen LogP contribution in [0.2, 0.25) is 5.02 Å². The van der Waals surface area contributed by atoms with Crippen molar-refractivity contribution in [3.8, 4) is 5.88 Å². The molecule has 1 aromatic carbocycles. The van der Waals surface area contributed by atoms with E-state index in [-0.39, 0.29) is 12.3 Å². The number of ether oxygens (including phenoxy) is 1. The Kier molecular flexibility index (Phi) is 7.41. The molecule has 0 spiro atoms. The smallest absolute Gasteiger partial charge is 0.290 e. The van der Waals surface area contributed by atoms with Gasteiger partial charge in [0.05, 0.1) is 12.8 Å². The summed E-state index contributed by atoms with van der Waals surface area (Å²) in [7, 11) is 1.56. The number of halogens is 2. The third kappa shape index (κ3) is 5.17. The van der Waals surface area contributed by atoms with Crippen LogP contribution in [-0.2, 0) is 17.6 Å². The highest BCUT2D eigenvalue weighted by atomic mass is 35.5. The second-order valence-corrected chi connectivity index (χ2v) is 5.01. The first-order chi connectivity index (χ1) is 11.0. The van der Waals surface area contributed by atoms with Crippen LogP contribution in [0, 0.1) is 12.7 Å². The van der Waals surface area contributed by atoms with Crippen molar-refractivity contribution < 1.29 is 19.0 Å². The largest absolute Gasteiger partial charge is 0.483 e. The van der Waals surface area contributed by atoms with Crippen LogP contribution < -0.4 is 4.74 Å². The Balaban J connectivity index is 0.000000816. The summed E-state index contributed by atoms with van der Waals surface area (Å²) in [4.78, 5) is 17.0. The number of carbonyl (C=O) groups is 1. The summed E-state index contributed by atoms with van der Waals surface area (Å²) in [5.74, 6) is 0.824. The fourth-order valence-electron chi connectivity index (χ4n) is 2.12. The first-order valence-corrected chi connectivity index (χ1v) is 7.26. The minimum absolute atomic E-state index is 0.250. The fourth-order valence-corrected chi connectivity index (χ4v) is 2.28. The predicted octanol–water partition coefficient (Wildman–Crippen LogP) is 3.44. The van der Waals surface area contributed by atoms with Gasteiger partial charge in [0.25, 0.3) is 6.47 Å². The van der Waals surface area contributed by atoms with Crippen molar-refractivity contribution in [1.82, 2.24) is 9.97 Å². The van der Waals surface area contributed by atoms with Gasteiger partial charge in [-0.3, -0.25) is 4.79 Å². The molecule has 0 saturated heterocycles. The van der Waals surface area contributed by atoms with Gasteiger partial charge in [-0.25, -0.2) is 9.37 Å². The van der Waals surface area contributed by atoms with E-state index < -0.39 is 0 Å². The fraction of sp³-hybridized carbons (Fsp3) is 0.312. The van der Waals surface area contributed by atoms with Gasteiger partial charge in [-0.05, 0) is 31.0 Å². The maximum atomic E-state index is 13.9. The molecule has 0 aliphatic heterocycles. The van der Waals surface area contributed by atoms with Gasteiger partial charge in [0.1, 0.15) is 11.6 Å². The first-order valence-electron chi connectivity index (χ1n) is 6.88. The summed E-state index contributed by atoms with van der Waals surface area (Å²) in [6.07, 6.45) is 1.12. The highest BCUT2D eigenvalue weighted by Gasteiger charge is 2.15. The van der Waals surface area contributed by atoms with Crippen LogP contribution in [0.3, 0.4) is 0 Å². The zero-order valence-electron chi connectivity index (χ0n) is 13.1. The van der Waals surface area contributed by atoms with E-state index in [0.29, 0.717) is 28.7 Å². The molecule has 0 unspecified atom stereocenters. The van der Waals surface area contributed by atoms with Crippen LogP contribution in [0.1, 0.15) is 29.6 Å². The topological polar surface area (TPSA) is 72.3 Å². The molecule has 1 aromatic heterocycles. The van der Waals surface area contributed by atoms with Gasteiger partial charge in [-0.15, -0.1) is 0 Å². The minimum Gasteiger partial charge on any atom is -0.483 e. The molecular formula is C16H18ClFN2O3. The number of aryl methyl sites for hydroxylation is 2. The van der Waals surface area contributed by atoms with E-state index in [0.717, 1.165) is 17.7 Å². The summed E-state index contributed by atoms with van der Waals surface area (Å²) in [6, 6.07) is 4.66. The van der Waals surface area contributed by atoms with Crippen molar-refractivity contribution in [2.45, 2.75) is 26.7 Å². The maximum absolute atomic E-state index is 13.9. The molecule has 7 heteroatoms. The Bertz CT molecular complexity index is 655. The number of carboxylic acid groups (broad SMARTS) is 1. The van der Waals surface area contributed by atoms with Gasteiger partial charge in [-0.1, -0.05) is 24.6 Å². The number of rotatable bonds is 4. The Morgan fingerprint density at radius 2 is 2.04 bits per heavy atom. The van der Waals surface area contributed by atoms with Crippen LogP contribution in [0.4, 0.5) is 4.39 Å². The van der Waals surface area contributed by atoms with Gasteiger partial charge in [0.15, 0.2) is 0 Å². The number of hydrogen-bond donors (Lipinski definition) is 1. The average molecular weight is 341 g/mol. The molecule has 23 heavy (non-hydrogen) atoms. The Labute approximate surface area is 139 Å². The van der Waals surface area contributed by atoms with E-state index in [1.165, 1.54) is 6.07 Å². The van der Waals surface area contributed by atoms with Crippen molar-refractivity contribution in [3.63, 3.8) is 0 Å². The van der Waals surface area contributed by atoms with Crippen LogP contribution in [0.15, 0.2) is 18.2 Å². The summed E-state index contributed by atoms with van der Waals surface area (Å²) >= 11 is 5.77. The second-order valence-electron chi connectivity index (χ2n) is 4.58. The normalized spacial score (nSPS) is 9.78. The summed E-state index contributed by atoms with van der Waals surface area (Å²) < 4.78 is 19.2. The third-order valence-electron chi connectivity index (χ3n) is 3.08. The van der Waals surface area contributed by atoms with Gasteiger partial charge >= 0.3 is 0 Å². The van der Waals surface area contributed by atoms with Gasteiger partial charge in [-0.2, -0.15) is 4.98 Å². The summed E-state index contributed by atoms with van der Waals surface area (Å²) in [5.41, 5.74) is 2.25. The van der Waals surface area contributed by atoms with Crippen LogP contribution in [0.5, 0.6) is 5.88 Å². The molecular weight excluding hydrogens is 323 g/mol. The Hall–Kier alpha value is -2.21. The molecule has 0 aliphatic rings. The standard InChI is InChI=1S/C15H16ClFN2O.CH2O2/c1-4-14-12(15(20-3)19-9(2)18-14)7-10-5-6-11(16)8-13(10)17;2-1-3/h5-6,8H,4,7H2,1-3H3;1H,(H,2,3). The zero-order chi connectivity index (χ0) is 17.4. The highest BCUT2D eigenvalue weighted by molar-refractivity contribution is 6.30. The van der Waals surface area contributed by atoms with Crippen LogP contribution in [-0.4, -0.2) is 28.7 Å². The van der Waals surface area contributed by atoms with Crippen molar-refractivity contribution in [2.75, 3.05) is 7.11 Å². The summed E-state index contributed by atoms with van der Waals surface area (Å²) in [6.45, 7) is 3.57. The zero-order valence-corrected chi connectivity index (χ0v) is 13.9. The molecule has 0 aliphatic carbocycles. The minimum atomic E-state index is -0.331. The monoisotopic (exact) mass is 340 g/mol. The highest BCUT2D eigenvalue weighted by Crippen LogP contribution is 2.25. The molecule has 0 bridgehead atoms. The molecule has 0 amide bonds. The van der Waals surface area contributed by atoms with E-state index in [1.54, 1.807) is 19.2 Å². The molecule has 2 rings (SSSR count). The Morgan fingerprint density at radius 3 is 2.57 bits per heavy atom. The first kappa shape index (κ1) is 18.8. The molecule has 0 fully saturated rings. The quantitative estimate of drug-likeness (QED) is 0.863. The van der Waals surface area contributed by atoms with E-state index in [1.807, 2.05) is 13.8 Å². The number of methoxy groups -OCH3 is 1. The molecule has 1 heterocycles. The lowest BCUT2D eigenvalue weighted by molar-refractivity contribution is -0.122. The lowest BCUT2D eigenvalue weighted by Gasteiger charge is -2.13. The molecule has 124 valence electrons. The number of hydrogen-bond acceptors (Lipinski definition) is 4. The molecule has 0 saturated carbocycles. The van der Waals surface area contributed by atoms with Gasteiger partial charge in [0.2, 0.25) is 5.88 Å².